The number of nitrogens with zero attached hydrogens (tertiary/aromatic N) is 1. The third-order valence-corrected chi connectivity index (χ3v) is 4.31. The predicted molar refractivity (Wildman–Crippen MR) is 85.8 cm³/mol. The van der Waals surface area contributed by atoms with Gasteiger partial charge in [-0.05, 0) is 37.4 Å². The molecule has 2 rings (SSSR count). The molecule has 0 spiro atoms. The molecule has 3 N–H and O–H groups in total. The van der Waals surface area contributed by atoms with Crippen LogP contribution < -0.4 is 11.1 Å². The van der Waals surface area contributed by atoms with Crippen LogP contribution >= 0.6 is 0 Å². The van der Waals surface area contributed by atoms with E-state index in [-0.39, 0.29) is 5.91 Å². The zero-order valence-electron chi connectivity index (χ0n) is 13.1. The Morgan fingerprint density at radius 2 is 1.86 bits per heavy atom. The van der Waals surface area contributed by atoms with Crippen molar-refractivity contribution in [1.29, 1.82) is 0 Å². The normalized spacial score (nSPS) is 18.7. The lowest BCUT2D eigenvalue weighted by Gasteiger charge is -2.31. The maximum atomic E-state index is 12.2. The maximum absolute atomic E-state index is 12.2. The van der Waals surface area contributed by atoms with E-state index in [1.165, 1.54) is 12.8 Å². The van der Waals surface area contributed by atoms with E-state index in [1.807, 2.05) is 30.3 Å². The van der Waals surface area contributed by atoms with Crippen molar-refractivity contribution in [2.45, 2.75) is 38.8 Å². The zero-order chi connectivity index (χ0) is 15.2. The van der Waals surface area contributed by atoms with Crippen LogP contribution in [0.5, 0.6) is 0 Å². The molecule has 2 atom stereocenters. The summed E-state index contributed by atoms with van der Waals surface area (Å²) in [6.45, 7) is 7.39. The first-order chi connectivity index (χ1) is 10.1. The van der Waals surface area contributed by atoms with Crippen molar-refractivity contribution in [1.82, 2.24) is 10.2 Å². The molecule has 1 saturated heterocycles. The summed E-state index contributed by atoms with van der Waals surface area (Å²) < 4.78 is 0. The molecule has 4 nitrogen and oxygen atoms in total. The first-order valence-electron chi connectivity index (χ1n) is 7.92. The largest absolute Gasteiger partial charge is 0.353 e. The lowest BCUT2D eigenvalue weighted by atomic mass is 10.0. The van der Waals surface area contributed by atoms with E-state index in [0.717, 1.165) is 18.7 Å². The van der Waals surface area contributed by atoms with E-state index in [4.69, 9.17) is 5.73 Å². The second-order valence-corrected chi connectivity index (χ2v) is 6.19. The van der Waals surface area contributed by atoms with E-state index in [1.54, 1.807) is 0 Å². The Kier molecular flexibility index (Phi) is 5.76. The van der Waals surface area contributed by atoms with E-state index in [0.29, 0.717) is 18.5 Å². The highest BCUT2D eigenvalue weighted by Gasteiger charge is 2.25. The van der Waals surface area contributed by atoms with Gasteiger partial charge >= 0.3 is 0 Å². The van der Waals surface area contributed by atoms with Gasteiger partial charge in [-0.3, -0.25) is 9.69 Å². The summed E-state index contributed by atoms with van der Waals surface area (Å²) >= 11 is 0. The molecule has 1 unspecified atom stereocenters. The number of hydrogen-bond acceptors (Lipinski definition) is 3. The quantitative estimate of drug-likeness (QED) is 0.841. The molecule has 0 aromatic heterocycles. The molecule has 0 bridgehead atoms. The van der Waals surface area contributed by atoms with Gasteiger partial charge in [0.05, 0.1) is 0 Å². The monoisotopic (exact) mass is 289 g/mol. The number of amides is 1. The first-order valence-corrected chi connectivity index (χ1v) is 7.92. The second-order valence-electron chi connectivity index (χ2n) is 6.19. The second kappa shape index (κ2) is 7.57. The first kappa shape index (κ1) is 16.0. The third kappa shape index (κ3) is 4.29. The van der Waals surface area contributed by atoms with Crippen LogP contribution in [0.25, 0.3) is 0 Å². The molecule has 1 aliphatic rings. The van der Waals surface area contributed by atoms with Crippen LogP contribution in [0.2, 0.25) is 0 Å². The molecule has 116 valence electrons. The van der Waals surface area contributed by atoms with E-state index in [9.17, 15) is 4.79 Å². The van der Waals surface area contributed by atoms with Gasteiger partial charge < -0.3 is 11.1 Å². The van der Waals surface area contributed by atoms with Crippen LogP contribution in [0.15, 0.2) is 30.3 Å². The number of carbonyl (C=O) groups excluding carboxylic acids is 1. The summed E-state index contributed by atoms with van der Waals surface area (Å²) in [7, 11) is 0. The fraction of sp³-hybridized carbons (Fsp3) is 0.588. The number of carbonyl (C=O) groups is 1. The summed E-state index contributed by atoms with van der Waals surface area (Å²) in [5.74, 6) is 0.433. The van der Waals surface area contributed by atoms with Crippen molar-refractivity contribution in [2.75, 3.05) is 19.6 Å². The molecule has 1 heterocycles. The smallest absolute Gasteiger partial charge is 0.241 e. The molecule has 1 fully saturated rings. The van der Waals surface area contributed by atoms with Gasteiger partial charge in [0.1, 0.15) is 6.04 Å². The van der Waals surface area contributed by atoms with Crippen LogP contribution in [-0.4, -0.2) is 36.5 Å². The van der Waals surface area contributed by atoms with Gasteiger partial charge in [-0.1, -0.05) is 44.2 Å². The molecule has 1 aromatic rings. The minimum Gasteiger partial charge on any atom is -0.353 e. The number of rotatable bonds is 6. The number of nitrogens with two attached hydrogens (primary N) is 1. The fourth-order valence-corrected chi connectivity index (χ4v) is 2.99. The minimum atomic E-state index is -0.586. The molecule has 0 aliphatic carbocycles. The Hall–Kier alpha value is -1.39. The highest BCUT2D eigenvalue weighted by atomic mass is 16.2. The summed E-state index contributed by atoms with van der Waals surface area (Å²) in [6.07, 6.45) is 2.53. The summed E-state index contributed by atoms with van der Waals surface area (Å²) in [4.78, 5) is 14.7. The molecule has 21 heavy (non-hydrogen) atoms. The fourth-order valence-electron chi connectivity index (χ4n) is 2.99. The van der Waals surface area contributed by atoms with E-state index < -0.39 is 6.04 Å². The lowest BCUT2D eigenvalue weighted by molar-refractivity contribution is -0.122. The number of likely N-dealkylation sites (tertiary alicyclic amines) is 1. The van der Waals surface area contributed by atoms with Crippen molar-refractivity contribution in [3.8, 4) is 0 Å². The number of benzene rings is 1. The standard InChI is InChI=1S/C17H27N3O/c1-13(2)15(20-10-6-7-11-20)12-19-17(21)16(18)14-8-4-3-5-9-14/h3-5,8-9,13,15-16H,6-7,10-12,18H2,1-2H3,(H,19,21)/t15?,16-/m0/s1. The van der Waals surface area contributed by atoms with Crippen molar-refractivity contribution >= 4 is 5.91 Å². The van der Waals surface area contributed by atoms with Crippen molar-refractivity contribution in [3.63, 3.8) is 0 Å². The van der Waals surface area contributed by atoms with Crippen LogP contribution in [0.1, 0.15) is 38.3 Å². The SMILES string of the molecule is CC(C)C(CNC(=O)[C@@H](N)c1ccccc1)N1CCCC1. The lowest BCUT2D eigenvalue weighted by Crippen LogP contribution is -2.47. The predicted octanol–water partition coefficient (Wildman–Crippen LogP) is 1.92. The van der Waals surface area contributed by atoms with Crippen molar-refractivity contribution < 1.29 is 4.79 Å². The minimum absolute atomic E-state index is 0.0916. The maximum Gasteiger partial charge on any atom is 0.241 e. The molecule has 1 aliphatic heterocycles. The van der Waals surface area contributed by atoms with Gasteiger partial charge in [-0.25, -0.2) is 0 Å². The Balaban J connectivity index is 1.89. The van der Waals surface area contributed by atoms with Gasteiger partial charge in [-0.2, -0.15) is 0 Å². The van der Waals surface area contributed by atoms with Crippen molar-refractivity contribution in [3.05, 3.63) is 35.9 Å². The van der Waals surface area contributed by atoms with Crippen LogP contribution in [0.3, 0.4) is 0 Å². The van der Waals surface area contributed by atoms with Gasteiger partial charge in [0.2, 0.25) is 5.91 Å². The van der Waals surface area contributed by atoms with Gasteiger partial charge in [0.25, 0.3) is 0 Å². The molecular weight excluding hydrogens is 262 g/mol. The molecule has 1 amide bonds. The van der Waals surface area contributed by atoms with E-state index in [2.05, 4.69) is 24.1 Å². The van der Waals surface area contributed by atoms with Crippen LogP contribution in [-0.2, 0) is 4.79 Å². The Bertz CT molecular complexity index is 441. The molecule has 4 heteroatoms. The van der Waals surface area contributed by atoms with Crippen LogP contribution in [0.4, 0.5) is 0 Å². The number of nitrogens with one attached hydrogen (secondary N) is 1. The van der Waals surface area contributed by atoms with Crippen LogP contribution in [0, 0.1) is 5.92 Å². The highest BCUT2D eigenvalue weighted by Crippen LogP contribution is 2.17. The van der Waals surface area contributed by atoms with Gasteiger partial charge in [0.15, 0.2) is 0 Å². The zero-order valence-corrected chi connectivity index (χ0v) is 13.1. The molecule has 0 radical (unpaired) electrons. The van der Waals surface area contributed by atoms with Crippen molar-refractivity contribution in [2.24, 2.45) is 11.7 Å². The molecule has 1 aromatic carbocycles. The Labute approximate surface area is 127 Å². The molecular formula is C17H27N3O. The summed E-state index contributed by atoms with van der Waals surface area (Å²) in [5.41, 5.74) is 6.89. The highest BCUT2D eigenvalue weighted by molar-refractivity contribution is 5.82. The average molecular weight is 289 g/mol. The van der Waals surface area contributed by atoms with Gasteiger partial charge in [-0.15, -0.1) is 0 Å². The average Bonchev–Trinajstić information content (AvgIpc) is 3.01. The number of hydrogen-bond donors (Lipinski definition) is 2. The summed E-state index contributed by atoms with van der Waals surface area (Å²) in [6, 6.07) is 9.34. The van der Waals surface area contributed by atoms with E-state index >= 15 is 0 Å². The Morgan fingerprint density at radius 3 is 2.43 bits per heavy atom. The topological polar surface area (TPSA) is 58.4 Å². The van der Waals surface area contributed by atoms with Gasteiger partial charge in [0, 0.05) is 12.6 Å². The molecule has 0 saturated carbocycles. The summed E-state index contributed by atoms with van der Waals surface area (Å²) in [5, 5.41) is 3.03. The Morgan fingerprint density at radius 1 is 1.24 bits per heavy atom. The third-order valence-electron chi connectivity index (χ3n) is 4.31.